The van der Waals surface area contributed by atoms with Crippen LogP contribution in [0.2, 0.25) is 0 Å². The van der Waals surface area contributed by atoms with E-state index in [1.54, 1.807) is 35.4 Å². The Balaban J connectivity index is 1.43. The number of methoxy groups -OCH3 is 1. The van der Waals surface area contributed by atoms with Crippen molar-refractivity contribution in [3.05, 3.63) is 63.9 Å². The van der Waals surface area contributed by atoms with Crippen molar-refractivity contribution < 1.29 is 19.0 Å². The molecule has 0 unspecified atom stereocenters. The number of anilines is 1. The van der Waals surface area contributed by atoms with E-state index >= 15 is 0 Å². The Morgan fingerprint density at radius 3 is 2.69 bits per heavy atom. The lowest BCUT2D eigenvalue weighted by Crippen LogP contribution is -2.47. The smallest absolute Gasteiger partial charge is 0.339 e. The van der Waals surface area contributed by atoms with E-state index in [1.807, 2.05) is 6.92 Å². The molecule has 9 heteroatoms. The van der Waals surface area contributed by atoms with Crippen LogP contribution in [-0.4, -0.2) is 42.8 Å². The Morgan fingerprint density at radius 1 is 1.26 bits per heavy atom. The molecule has 2 aliphatic rings. The summed E-state index contributed by atoms with van der Waals surface area (Å²) >= 11 is 3.33. The summed E-state index contributed by atoms with van der Waals surface area (Å²) in [5.74, 6) is 0.443. The predicted octanol–water partition coefficient (Wildman–Crippen LogP) is 5.25. The molecule has 0 amide bonds. The predicted molar refractivity (Wildman–Crippen MR) is 137 cm³/mol. The number of hydrogen-bond donors (Lipinski definition) is 0. The zero-order chi connectivity index (χ0) is 24.4. The van der Waals surface area contributed by atoms with Crippen LogP contribution in [0.3, 0.4) is 0 Å². The highest BCUT2D eigenvalue weighted by atomic mass is 32.2. The SMILES string of the molecule is COC(=O)c1ccc(COc2cc3c(cc2N(CC2(C)COC2)Sc2nc(C)cs2)CCC3)nc1. The Bertz CT molecular complexity index is 1210. The van der Waals surface area contributed by atoms with Crippen LogP contribution >= 0.6 is 23.3 Å². The van der Waals surface area contributed by atoms with Gasteiger partial charge in [-0.3, -0.25) is 4.98 Å². The summed E-state index contributed by atoms with van der Waals surface area (Å²) in [6.45, 7) is 6.92. The van der Waals surface area contributed by atoms with Crippen LogP contribution in [0, 0.1) is 12.3 Å². The zero-order valence-electron chi connectivity index (χ0n) is 20.2. The highest BCUT2D eigenvalue weighted by Crippen LogP contribution is 2.43. The molecular formula is C26H29N3O4S2. The fraction of sp³-hybridized carbons (Fsp3) is 0.423. The van der Waals surface area contributed by atoms with Gasteiger partial charge in [-0.15, -0.1) is 11.3 Å². The highest BCUT2D eigenvalue weighted by Gasteiger charge is 2.37. The maximum absolute atomic E-state index is 11.7. The number of fused-ring (bicyclic) bond motifs is 1. The summed E-state index contributed by atoms with van der Waals surface area (Å²) in [6.07, 6.45) is 4.86. The normalized spacial score (nSPS) is 15.9. The average Bonchev–Trinajstić information content (AvgIpc) is 3.48. The molecule has 7 nitrogen and oxygen atoms in total. The molecule has 184 valence electrons. The minimum Gasteiger partial charge on any atom is -0.485 e. The van der Waals surface area contributed by atoms with E-state index in [0.717, 1.165) is 59.8 Å². The van der Waals surface area contributed by atoms with Gasteiger partial charge in [-0.25, -0.2) is 9.78 Å². The highest BCUT2D eigenvalue weighted by molar-refractivity contribution is 8.02. The standard InChI is InChI=1S/C26H29N3O4S2/c1-17-13-34-25(28-17)35-29(14-26(2)15-32-16-26)22-9-18-5-4-6-19(18)10-23(22)33-12-21-8-7-20(11-27-21)24(30)31-3/h7-11,13H,4-6,12,14-16H2,1-3H3. The van der Waals surface area contributed by atoms with Gasteiger partial charge in [-0.2, -0.15) is 0 Å². The topological polar surface area (TPSA) is 73.8 Å². The maximum Gasteiger partial charge on any atom is 0.339 e. The Labute approximate surface area is 214 Å². The molecule has 3 heterocycles. The van der Waals surface area contributed by atoms with E-state index in [9.17, 15) is 4.79 Å². The fourth-order valence-corrected chi connectivity index (χ4v) is 6.42. The van der Waals surface area contributed by atoms with Crippen molar-refractivity contribution in [1.82, 2.24) is 9.97 Å². The number of rotatable bonds is 9. The molecule has 1 fully saturated rings. The Morgan fingerprint density at radius 2 is 2.06 bits per heavy atom. The van der Waals surface area contributed by atoms with Crippen molar-refractivity contribution in [3.63, 3.8) is 0 Å². The third-order valence-corrected chi connectivity index (χ3v) is 8.33. The van der Waals surface area contributed by atoms with Crippen LogP contribution in [-0.2, 0) is 28.9 Å². The van der Waals surface area contributed by atoms with Gasteiger partial charge in [0.2, 0.25) is 0 Å². The van der Waals surface area contributed by atoms with Crippen molar-refractivity contribution in [2.75, 3.05) is 31.2 Å². The largest absolute Gasteiger partial charge is 0.485 e. The lowest BCUT2D eigenvalue weighted by molar-refractivity contribution is -0.0939. The van der Waals surface area contributed by atoms with E-state index in [0.29, 0.717) is 12.2 Å². The first-order chi connectivity index (χ1) is 16.9. The number of carbonyl (C=O) groups is 1. The third-order valence-electron chi connectivity index (χ3n) is 6.28. The summed E-state index contributed by atoms with van der Waals surface area (Å²) in [7, 11) is 1.36. The summed E-state index contributed by atoms with van der Waals surface area (Å²) in [5, 5.41) is 2.08. The lowest BCUT2D eigenvalue weighted by atomic mass is 9.88. The molecule has 1 saturated heterocycles. The van der Waals surface area contributed by atoms with Gasteiger partial charge in [0.25, 0.3) is 0 Å². The van der Waals surface area contributed by atoms with Crippen molar-refractivity contribution >= 4 is 34.9 Å². The number of nitrogens with zero attached hydrogens (tertiary/aromatic N) is 3. The Kier molecular flexibility index (Phi) is 7.00. The number of carbonyl (C=O) groups excluding carboxylic acids is 1. The molecule has 3 aromatic rings. The maximum atomic E-state index is 11.7. The average molecular weight is 512 g/mol. The molecular weight excluding hydrogens is 482 g/mol. The molecule has 2 aromatic heterocycles. The van der Waals surface area contributed by atoms with Gasteiger partial charge in [0.05, 0.1) is 37.3 Å². The van der Waals surface area contributed by atoms with Crippen LogP contribution in [0.4, 0.5) is 5.69 Å². The van der Waals surface area contributed by atoms with Crippen LogP contribution in [0.5, 0.6) is 5.75 Å². The number of pyridine rings is 1. The number of benzene rings is 1. The van der Waals surface area contributed by atoms with Crippen LogP contribution < -0.4 is 9.04 Å². The van der Waals surface area contributed by atoms with Gasteiger partial charge >= 0.3 is 5.97 Å². The number of ether oxygens (including phenoxy) is 3. The first-order valence-corrected chi connectivity index (χ1v) is 13.3. The molecule has 0 bridgehead atoms. The molecule has 35 heavy (non-hydrogen) atoms. The minimum atomic E-state index is -0.399. The van der Waals surface area contributed by atoms with Gasteiger partial charge in [0.15, 0.2) is 4.34 Å². The summed E-state index contributed by atoms with van der Waals surface area (Å²) in [6, 6.07) is 8.00. The monoisotopic (exact) mass is 511 g/mol. The van der Waals surface area contributed by atoms with E-state index in [4.69, 9.17) is 19.2 Å². The van der Waals surface area contributed by atoms with E-state index in [-0.39, 0.29) is 5.41 Å². The van der Waals surface area contributed by atoms with E-state index in [1.165, 1.54) is 30.9 Å². The lowest BCUT2D eigenvalue weighted by Gasteiger charge is -2.42. The second-order valence-corrected chi connectivity index (χ2v) is 11.6. The molecule has 0 saturated carbocycles. The van der Waals surface area contributed by atoms with Crippen LogP contribution in [0.15, 0.2) is 40.2 Å². The molecule has 1 aromatic carbocycles. The Hall–Kier alpha value is -2.62. The van der Waals surface area contributed by atoms with Crippen molar-refractivity contribution in [2.45, 2.75) is 44.1 Å². The first kappa shape index (κ1) is 24.1. The first-order valence-electron chi connectivity index (χ1n) is 11.7. The van der Waals surface area contributed by atoms with Crippen LogP contribution in [0.1, 0.15) is 46.2 Å². The third kappa shape index (κ3) is 5.47. The van der Waals surface area contributed by atoms with Crippen molar-refractivity contribution in [2.24, 2.45) is 5.41 Å². The van der Waals surface area contributed by atoms with Gasteiger partial charge in [0, 0.05) is 41.2 Å². The summed E-state index contributed by atoms with van der Waals surface area (Å²) in [4.78, 5) is 20.8. The van der Waals surface area contributed by atoms with Crippen molar-refractivity contribution in [3.8, 4) is 5.75 Å². The fourth-order valence-electron chi connectivity index (χ4n) is 4.32. The number of thiazole rings is 1. The number of hydrogen-bond acceptors (Lipinski definition) is 9. The van der Waals surface area contributed by atoms with Crippen LogP contribution in [0.25, 0.3) is 0 Å². The minimum absolute atomic E-state index is 0.0842. The molecule has 5 rings (SSSR count). The molecule has 0 atom stereocenters. The van der Waals surface area contributed by atoms with E-state index < -0.39 is 5.97 Å². The van der Waals surface area contributed by atoms with Crippen molar-refractivity contribution in [1.29, 1.82) is 0 Å². The molecule has 0 N–H and O–H groups in total. The van der Waals surface area contributed by atoms with Gasteiger partial charge in [-0.05, 0) is 61.6 Å². The second kappa shape index (κ2) is 10.2. The number of aryl methyl sites for hydroxylation is 3. The summed E-state index contributed by atoms with van der Waals surface area (Å²) < 4.78 is 20.0. The molecule has 0 spiro atoms. The number of esters is 1. The van der Waals surface area contributed by atoms with Gasteiger partial charge < -0.3 is 18.5 Å². The zero-order valence-corrected chi connectivity index (χ0v) is 21.8. The molecule has 0 radical (unpaired) electrons. The second-order valence-electron chi connectivity index (χ2n) is 9.45. The van der Waals surface area contributed by atoms with E-state index in [2.05, 4.69) is 33.7 Å². The van der Waals surface area contributed by atoms with Gasteiger partial charge in [0.1, 0.15) is 12.4 Å². The molecule has 1 aliphatic carbocycles. The quantitative estimate of drug-likeness (QED) is 0.285. The summed E-state index contributed by atoms with van der Waals surface area (Å²) in [5.41, 5.74) is 6.09. The molecule has 1 aliphatic heterocycles. The number of aromatic nitrogens is 2. The van der Waals surface area contributed by atoms with Gasteiger partial charge in [-0.1, -0.05) is 6.92 Å².